The molecule has 2 atom stereocenters. The van der Waals surface area contributed by atoms with E-state index < -0.39 is 24.1 Å². The molecule has 3 aromatic rings. The first-order valence-electron chi connectivity index (χ1n) is 9.15. The average Bonchev–Trinajstić information content (AvgIpc) is 3.06. The van der Waals surface area contributed by atoms with Crippen molar-refractivity contribution >= 4 is 29.3 Å². The molecule has 2 unspecified atom stereocenters. The molecule has 1 aliphatic heterocycles. The molecule has 0 bridgehead atoms. The average molecular weight is 467 g/mol. The number of benzene rings is 1. The Bertz CT molecular complexity index is 1150. The molecule has 12 heteroatoms. The molecule has 1 saturated heterocycles. The van der Waals surface area contributed by atoms with Gasteiger partial charge in [0.05, 0.1) is 28.8 Å². The van der Waals surface area contributed by atoms with Crippen LogP contribution in [0.25, 0.3) is 11.4 Å². The summed E-state index contributed by atoms with van der Waals surface area (Å²) < 4.78 is 16.6. The van der Waals surface area contributed by atoms with Gasteiger partial charge in [0.1, 0.15) is 12.2 Å². The van der Waals surface area contributed by atoms with E-state index in [9.17, 15) is 14.7 Å². The lowest BCUT2D eigenvalue weighted by atomic mass is 10.0. The van der Waals surface area contributed by atoms with Crippen molar-refractivity contribution in [3.8, 4) is 17.3 Å². The summed E-state index contributed by atoms with van der Waals surface area (Å²) in [6, 6.07) is 8.29. The molecule has 3 heterocycles. The largest absolute Gasteiger partial charge is 0.469 e. The maximum atomic E-state index is 11.6. The molecular formula is C19H16Cl2N4O6. The maximum Gasteiger partial charge on any atom is 0.439 e. The van der Waals surface area contributed by atoms with Crippen LogP contribution in [0.1, 0.15) is 11.7 Å². The van der Waals surface area contributed by atoms with Crippen molar-refractivity contribution in [2.75, 3.05) is 19.7 Å². The number of halogens is 2. The topological polar surface area (TPSA) is 131 Å². The molecule has 0 radical (unpaired) electrons. The summed E-state index contributed by atoms with van der Waals surface area (Å²) in [6.07, 6.45) is -1.06. The summed E-state index contributed by atoms with van der Waals surface area (Å²) in [5, 5.41) is 13.9. The number of ether oxygens (including phenoxy) is 2. The van der Waals surface area contributed by atoms with Gasteiger partial charge in [0.2, 0.25) is 5.88 Å². The van der Waals surface area contributed by atoms with E-state index in [1.165, 1.54) is 11.1 Å². The summed E-state index contributed by atoms with van der Waals surface area (Å²) in [7, 11) is 0. The van der Waals surface area contributed by atoms with Gasteiger partial charge in [-0.1, -0.05) is 34.4 Å². The number of nitrogens with one attached hydrogen (secondary N) is 1. The van der Waals surface area contributed by atoms with Crippen molar-refractivity contribution in [3.05, 3.63) is 62.7 Å². The molecule has 0 saturated carbocycles. The van der Waals surface area contributed by atoms with E-state index in [4.69, 9.17) is 32.7 Å². The van der Waals surface area contributed by atoms with Crippen LogP contribution in [0.3, 0.4) is 0 Å². The van der Waals surface area contributed by atoms with Gasteiger partial charge in [-0.05, 0) is 29.8 Å². The molecule has 162 valence electrons. The molecule has 4 rings (SSSR count). The molecule has 1 amide bonds. The number of rotatable bonds is 4. The van der Waals surface area contributed by atoms with Gasteiger partial charge in [-0.3, -0.25) is 9.51 Å². The number of carboxylic acid groups (broad SMARTS) is 1. The summed E-state index contributed by atoms with van der Waals surface area (Å²) >= 11 is 12.2. The Morgan fingerprint density at radius 2 is 2.13 bits per heavy atom. The fourth-order valence-electron chi connectivity index (χ4n) is 3.23. The van der Waals surface area contributed by atoms with Crippen LogP contribution in [-0.2, 0) is 4.74 Å². The van der Waals surface area contributed by atoms with Gasteiger partial charge >= 0.3 is 11.8 Å². The van der Waals surface area contributed by atoms with Crippen LogP contribution in [-0.4, -0.2) is 57.0 Å². The normalized spacial score (nSPS) is 19.1. The highest BCUT2D eigenvalue weighted by atomic mass is 35.5. The van der Waals surface area contributed by atoms with Gasteiger partial charge in [-0.25, -0.2) is 14.6 Å². The Morgan fingerprint density at radius 3 is 2.84 bits per heavy atom. The smallest absolute Gasteiger partial charge is 0.439 e. The first-order chi connectivity index (χ1) is 14.9. The van der Waals surface area contributed by atoms with Crippen molar-refractivity contribution in [1.29, 1.82) is 0 Å². The standard InChI is InChI=1S/C19H16Cl2N4O6/c20-12-4-3-10(8-13(12)21)15-14(9-25(19(27)28)6-7-29-15)30-17-11(2-1-5-22-17)16-23-18(26)31-24-16/h1-5,8,14-15H,6-7,9H2,(H,27,28)(H,23,24,26). The highest BCUT2D eigenvalue weighted by Gasteiger charge is 2.34. The third kappa shape index (κ3) is 4.66. The zero-order chi connectivity index (χ0) is 22.0. The maximum absolute atomic E-state index is 11.6. The zero-order valence-electron chi connectivity index (χ0n) is 15.8. The van der Waals surface area contributed by atoms with E-state index in [2.05, 4.69) is 19.6 Å². The van der Waals surface area contributed by atoms with Gasteiger partial charge in [-0.15, -0.1) is 0 Å². The lowest BCUT2D eigenvalue weighted by Crippen LogP contribution is -2.40. The van der Waals surface area contributed by atoms with Crippen molar-refractivity contribution < 1.29 is 23.9 Å². The SMILES string of the molecule is O=C(O)N1CCOC(c2ccc(Cl)c(Cl)c2)C(Oc2ncccc2-c2noc(=O)[nH]2)C1. The Hall–Kier alpha value is -3.08. The van der Waals surface area contributed by atoms with E-state index in [1.54, 1.807) is 30.3 Å². The highest BCUT2D eigenvalue weighted by molar-refractivity contribution is 6.42. The van der Waals surface area contributed by atoms with Crippen molar-refractivity contribution in [3.63, 3.8) is 0 Å². The second kappa shape index (κ2) is 8.96. The number of aromatic amines is 1. The van der Waals surface area contributed by atoms with E-state index in [0.29, 0.717) is 21.2 Å². The zero-order valence-corrected chi connectivity index (χ0v) is 17.3. The predicted molar refractivity (Wildman–Crippen MR) is 110 cm³/mol. The lowest BCUT2D eigenvalue weighted by Gasteiger charge is -2.28. The van der Waals surface area contributed by atoms with Crippen LogP contribution >= 0.6 is 23.2 Å². The molecule has 31 heavy (non-hydrogen) atoms. The van der Waals surface area contributed by atoms with Crippen LogP contribution in [0.2, 0.25) is 10.0 Å². The van der Waals surface area contributed by atoms with Gasteiger partial charge < -0.3 is 19.5 Å². The second-order valence-corrected chi connectivity index (χ2v) is 7.46. The number of amides is 1. The van der Waals surface area contributed by atoms with Crippen LogP contribution in [0.15, 0.2) is 45.8 Å². The van der Waals surface area contributed by atoms with Crippen molar-refractivity contribution in [2.45, 2.75) is 12.2 Å². The number of carbonyl (C=O) groups is 1. The summed E-state index contributed by atoms with van der Waals surface area (Å²) in [5.41, 5.74) is 1.03. The molecule has 2 N–H and O–H groups in total. The van der Waals surface area contributed by atoms with Crippen molar-refractivity contribution in [1.82, 2.24) is 20.0 Å². The minimum Gasteiger partial charge on any atom is -0.469 e. The molecule has 0 spiro atoms. The number of H-pyrrole nitrogens is 1. The van der Waals surface area contributed by atoms with Crippen LogP contribution < -0.4 is 10.5 Å². The Labute approximate surface area is 185 Å². The minimum absolute atomic E-state index is 0.00555. The molecule has 1 aliphatic rings. The number of hydrogen-bond acceptors (Lipinski definition) is 7. The number of hydrogen-bond donors (Lipinski definition) is 2. The van der Waals surface area contributed by atoms with Gasteiger partial charge in [0.15, 0.2) is 5.82 Å². The van der Waals surface area contributed by atoms with Crippen molar-refractivity contribution in [2.24, 2.45) is 0 Å². The van der Waals surface area contributed by atoms with E-state index in [0.717, 1.165) is 0 Å². The van der Waals surface area contributed by atoms with E-state index in [-0.39, 0.29) is 31.4 Å². The molecule has 0 aliphatic carbocycles. The monoisotopic (exact) mass is 466 g/mol. The molecule has 2 aromatic heterocycles. The third-order valence-corrected chi connectivity index (χ3v) is 5.41. The summed E-state index contributed by atoms with van der Waals surface area (Å²) in [6.45, 7) is 0.326. The van der Waals surface area contributed by atoms with Crippen LogP contribution in [0, 0.1) is 0 Å². The molecule has 10 nitrogen and oxygen atoms in total. The number of pyridine rings is 1. The lowest BCUT2D eigenvalue weighted by molar-refractivity contribution is -0.0106. The molecular weight excluding hydrogens is 451 g/mol. The van der Waals surface area contributed by atoms with E-state index in [1.807, 2.05) is 0 Å². The predicted octanol–water partition coefficient (Wildman–Crippen LogP) is 3.23. The van der Waals surface area contributed by atoms with E-state index >= 15 is 0 Å². The highest BCUT2D eigenvalue weighted by Crippen LogP contribution is 2.34. The Balaban J connectivity index is 1.72. The fourth-order valence-corrected chi connectivity index (χ4v) is 3.54. The first kappa shape index (κ1) is 21.2. The summed E-state index contributed by atoms with van der Waals surface area (Å²) in [4.78, 5) is 30.9. The minimum atomic E-state index is -1.10. The molecule has 1 fully saturated rings. The second-order valence-electron chi connectivity index (χ2n) is 6.65. The number of aromatic nitrogens is 3. The van der Waals surface area contributed by atoms with Gasteiger partial charge in [0.25, 0.3) is 0 Å². The number of nitrogens with zero attached hydrogens (tertiary/aromatic N) is 3. The quantitative estimate of drug-likeness (QED) is 0.598. The van der Waals surface area contributed by atoms with Crippen LogP contribution in [0.5, 0.6) is 5.88 Å². The van der Waals surface area contributed by atoms with Gasteiger partial charge in [-0.2, -0.15) is 0 Å². The Morgan fingerprint density at radius 1 is 1.29 bits per heavy atom. The molecule has 1 aromatic carbocycles. The summed E-state index contributed by atoms with van der Waals surface area (Å²) in [5.74, 6) is -0.477. The fraction of sp³-hybridized carbons (Fsp3) is 0.263. The first-order valence-corrected chi connectivity index (χ1v) is 9.90. The van der Waals surface area contributed by atoms with Crippen LogP contribution in [0.4, 0.5) is 4.79 Å². The Kier molecular flexibility index (Phi) is 6.12. The third-order valence-electron chi connectivity index (χ3n) is 4.67. The van der Waals surface area contributed by atoms with Gasteiger partial charge in [0, 0.05) is 12.7 Å².